The Bertz CT molecular complexity index is 597. The van der Waals surface area contributed by atoms with Crippen LogP contribution in [-0.2, 0) is 6.54 Å². The van der Waals surface area contributed by atoms with Crippen LogP contribution in [0.5, 0.6) is 0 Å². The predicted octanol–water partition coefficient (Wildman–Crippen LogP) is 2.87. The summed E-state index contributed by atoms with van der Waals surface area (Å²) in [5.41, 5.74) is 0.503. The van der Waals surface area contributed by atoms with E-state index >= 15 is 0 Å². The number of anilines is 1. The SMILES string of the molecule is CN(Cc1ccccn1)c1c(F)cc(C#N)cc1F. The number of halogens is 2. The maximum Gasteiger partial charge on any atom is 0.150 e. The monoisotopic (exact) mass is 259 g/mol. The van der Waals surface area contributed by atoms with Gasteiger partial charge >= 0.3 is 0 Å². The first kappa shape index (κ1) is 13.0. The summed E-state index contributed by atoms with van der Waals surface area (Å²) in [5, 5.41) is 8.64. The molecule has 1 aromatic carbocycles. The van der Waals surface area contributed by atoms with Crippen LogP contribution < -0.4 is 4.90 Å². The molecular formula is C14H11F2N3. The van der Waals surface area contributed by atoms with E-state index in [2.05, 4.69) is 4.98 Å². The molecule has 0 atom stereocenters. The minimum absolute atomic E-state index is 0.0370. The van der Waals surface area contributed by atoms with E-state index in [1.54, 1.807) is 31.4 Å². The van der Waals surface area contributed by atoms with Crippen molar-refractivity contribution in [1.82, 2.24) is 4.98 Å². The highest BCUT2D eigenvalue weighted by Gasteiger charge is 2.15. The molecule has 0 saturated carbocycles. The number of nitriles is 1. The van der Waals surface area contributed by atoms with E-state index in [9.17, 15) is 8.78 Å². The zero-order valence-electron chi connectivity index (χ0n) is 10.3. The Morgan fingerprint density at radius 1 is 1.26 bits per heavy atom. The van der Waals surface area contributed by atoms with Crippen molar-refractivity contribution in [3.8, 4) is 6.07 Å². The minimum Gasteiger partial charge on any atom is -0.364 e. The second-order valence-corrected chi connectivity index (χ2v) is 4.08. The summed E-state index contributed by atoms with van der Waals surface area (Å²) in [6.45, 7) is 0.278. The molecule has 0 aliphatic carbocycles. The van der Waals surface area contributed by atoms with Crippen molar-refractivity contribution >= 4 is 5.69 Å². The fourth-order valence-corrected chi connectivity index (χ4v) is 1.81. The molecule has 2 rings (SSSR count). The summed E-state index contributed by atoms with van der Waals surface area (Å²) in [4.78, 5) is 5.52. The lowest BCUT2D eigenvalue weighted by molar-refractivity contribution is 0.575. The molecule has 1 aromatic heterocycles. The first-order valence-corrected chi connectivity index (χ1v) is 5.62. The van der Waals surface area contributed by atoms with Gasteiger partial charge in [-0.15, -0.1) is 0 Å². The Balaban J connectivity index is 2.30. The van der Waals surface area contributed by atoms with E-state index in [-0.39, 0.29) is 17.8 Å². The third-order valence-electron chi connectivity index (χ3n) is 2.65. The molecule has 0 bridgehead atoms. The van der Waals surface area contributed by atoms with Gasteiger partial charge in [-0.05, 0) is 24.3 Å². The molecule has 0 N–H and O–H groups in total. The normalized spacial score (nSPS) is 10.0. The minimum atomic E-state index is -0.755. The van der Waals surface area contributed by atoms with Crippen molar-refractivity contribution in [3.63, 3.8) is 0 Å². The van der Waals surface area contributed by atoms with E-state index in [1.807, 2.05) is 6.07 Å². The fourth-order valence-electron chi connectivity index (χ4n) is 1.81. The summed E-state index contributed by atoms with van der Waals surface area (Å²) in [6, 6.07) is 9.11. The maximum absolute atomic E-state index is 13.8. The molecule has 0 unspecified atom stereocenters. The zero-order valence-corrected chi connectivity index (χ0v) is 10.3. The highest BCUT2D eigenvalue weighted by molar-refractivity contribution is 5.52. The Hall–Kier alpha value is -2.48. The van der Waals surface area contributed by atoms with Crippen LogP contribution in [0.3, 0.4) is 0 Å². The lowest BCUT2D eigenvalue weighted by atomic mass is 10.2. The molecule has 2 aromatic rings. The topological polar surface area (TPSA) is 39.9 Å². The summed E-state index contributed by atoms with van der Waals surface area (Å²) in [7, 11) is 1.57. The van der Waals surface area contributed by atoms with Gasteiger partial charge in [-0.2, -0.15) is 5.26 Å². The number of pyridine rings is 1. The largest absolute Gasteiger partial charge is 0.364 e. The number of nitrogens with zero attached hydrogens (tertiary/aromatic N) is 3. The lowest BCUT2D eigenvalue weighted by Crippen LogP contribution is -2.20. The highest BCUT2D eigenvalue weighted by atomic mass is 19.1. The van der Waals surface area contributed by atoms with Gasteiger partial charge in [-0.1, -0.05) is 6.07 Å². The molecule has 0 fully saturated rings. The van der Waals surface area contributed by atoms with Crippen LogP contribution in [0.2, 0.25) is 0 Å². The number of rotatable bonds is 3. The number of aromatic nitrogens is 1. The lowest BCUT2D eigenvalue weighted by Gasteiger charge is -2.20. The average molecular weight is 259 g/mol. The first-order chi connectivity index (χ1) is 9.11. The van der Waals surface area contributed by atoms with Crippen molar-refractivity contribution in [2.75, 3.05) is 11.9 Å². The Kier molecular flexibility index (Phi) is 3.71. The predicted molar refractivity (Wildman–Crippen MR) is 67.4 cm³/mol. The van der Waals surface area contributed by atoms with Crippen LogP contribution in [0.1, 0.15) is 11.3 Å². The second kappa shape index (κ2) is 5.44. The molecular weight excluding hydrogens is 248 g/mol. The first-order valence-electron chi connectivity index (χ1n) is 5.62. The van der Waals surface area contributed by atoms with E-state index in [0.717, 1.165) is 12.1 Å². The second-order valence-electron chi connectivity index (χ2n) is 4.08. The molecule has 1 heterocycles. The number of hydrogen-bond acceptors (Lipinski definition) is 3. The van der Waals surface area contributed by atoms with Gasteiger partial charge in [0.05, 0.1) is 23.9 Å². The van der Waals surface area contributed by atoms with Gasteiger partial charge < -0.3 is 4.90 Å². The fraction of sp³-hybridized carbons (Fsp3) is 0.143. The Morgan fingerprint density at radius 3 is 2.47 bits per heavy atom. The Labute approximate surface area is 109 Å². The van der Waals surface area contributed by atoms with Crippen molar-refractivity contribution in [2.45, 2.75) is 6.54 Å². The average Bonchev–Trinajstić information content (AvgIpc) is 2.38. The van der Waals surface area contributed by atoms with Crippen LogP contribution in [-0.4, -0.2) is 12.0 Å². The molecule has 0 saturated heterocycles. The number of benzene rings is 1. The van der Waals surface area contributed by atoms with E-state index in [0.29, 0.717) is 5.69 Å². The molecule has 5 heteroatoms. The van der Waals surface area contributed by atoms with Gasteiger partial charge in [0.1, 0.15) is 5.69 Å². The van der Waals surface area contributed by atoms with Crippen molar-refractivity contribution in [2.24, 2.45) is 0 Å². The Morgan fingerprint density at radius 2 is 1.95 bits per heavy atom. The third-order valence-corrected chi connectivity index (χ3v) is 2.65. The molecule has 3 nitrogen and oxygen atoms in total. The van der Waals surface area contributed by atoms with E-state index < -0.39 is 11.6 Å². The number of hydrogen-bond donors (Lipinski definition) is 0. The molecule has 0 radical (unpaired) electrons. The summed E-state index contributed by atoms with van der Waals surface area (Å²) >= 11 is 0. The van der Waals surface area contributed by atoms with Crippen molar-refractivity contribution < 1.29 is 8.78 Å². The molecule has 0 amide bonds. The van der Waals surface area contributed by atoms with Crippen molar-refractivity contribution in [1.29, 1.82) is 5.26 Å². The smallest absolute Gasteiger partial charge is 0.150 e. The molecule has 96 valence electrons. The quantitative estimate of drug-likeness (QED) is 0.850. The molecule has 0 aliphatic rings. The van der Waals surface area contributed by atoms with Crippen LogP contribution in [0.4, 0.5) is 14.5 Å². The van der Waals surface area contributed by atoms with E-state index in [4.69, 9.17) is 5.26 Å². The highest BCUT2D eigenvalue weighted by Crippen LogP contribution is 2.24. The van der Waals surface area contributed by atoms with Gasteiger partial charge in [0, 0.05) is 13.2 Å². The van der Waals surface area contributed by atoms with Gasteiger partial charge in [-0.3, -0.25) is 4.98 Å². The van der Waals surface area contributed by atoms with Gasteiger partial charge in [0.2, 0.25) is 0 Å². The zero-order chi connectivity index (χ0) is 13.8. The van der Waals surface area contributed by atoms with Gasteiger partial charge in [-0.25, -0.2) is 8.78 Å². The van der Waals surface area contributed by atoms with E-state index in [1.165, 1.54) is 4.90 Å². The van der Waals surface area contributed by atoms with Crippen LogP contribution in [0, 0.1) is 23.0 Å². The molecule has 0 spiro atoms. The van der Waals surface area contributed by atoms with Crippen LogP contribution in [0.25, 0.3) is 0 Å². The summed E-state index contributed by atoms with van der Waals surface area (Å²) in [6.07, 6.45) is 1.62. The van der Waals surface area contributed by atoms with Gasteiger partial charge in [0.25, 0.3) is 0 Å². The van der Waals surface area contributed by atoms with Gasteiger partial charge in [0.15, 0.2) is 11.6 Å². The third kappa shape index (κ3) is 2.86. The summed E-state index contributed by atoms with van der Waals surface area (Å²) in [5.74, 6) is -1.51. The van der Waals surface area contributed by atoms with Crippen LogP contribution >= 0.6 is 0 Å². The van der Waals surface area contributed by atoms with Crippen LogP contribution in [0.15, 0.2) is 36.5 Å². The standard InChI is InChI=1S/C14H11F2N3/c1-19(9-11-4-2-3-5-18-11)14-12(15)6-10(8-17)7-13(14)16/h2-7H,9H2,1H3. The molecule has 0 aliphatic heterocycles. The maximum atomic E-state index is 13.8. The molecule has 19 heavy (non-hydrogen) atoms. The van der Waals surface area contributed by atoms with Crippen molar-refractivity contribution in [3.05, 3.63) is 59.4 Å². The summed E-state index contributed by atoms with van der Waals surface area (Å²) < 4.78 is 27.6.